The summed E-state index contributed by atoms with van der Waals surface area (Å²) in [6.45, 7) is 1.69. The second kappa shape index (κ2) is 9.20. The van der Waals surface area contributed by atoms with Gasteiger partial charge in [0.05, 0.1) is 12.1 Å². The molecular weight excluding hydrogens is 550 g/mol. The number of anilines is 2. The van der Waals surface area contributed by atoms with Gasteiger partial charge < -0.3 is 19.3 Å². The maximum Gasteiger partial charge on any atom is 0.416 e. The van der Waals surface area contributed by atoms with Crippen molar-refractivity contribution in [2.24, 2.45) is 7.05 Å². The van der Waals surface area contributed by atoms with Gasteiger partial charge in [-0.15, -0.1) is 10.2 Å². The summed E-state index contributed by atoms with van der Waals surface area (Å²) in [5.41, 5.74) is -4.56. The van der Waals surface area contributed by atoms with Crippen molar-refractivity contribution in [3.8, 4) is 0 Å². The minimum atomic E-state index is -4.72. The zero-order valence-corrected chi connectivity index (χ0v) is 22.6. The monoisotopic (exact) mass is 578 g/mol. The standard InChI is InChI=1S/C28H28F6N6O/c1-26(29,27(30,31)25-36-35-15-38(25)3)16-5-4-6-17(9-16)39-14-22-21(24(39)41)10-20(11-23(22)28(32,33)34)40-18-7-8-19(40)13-37(2)12-18/h4-6,9-11,15,18-19H,7-8,12-14H2,1-3H3. The van der Waals surface area contributed by atoms with E-state index in [1.807, 2.05) is 11.9 Å². The fourth-order valence-corrected chi connectivity index (χ4v) is 6.46. The second-order valence-corrected chi connectivity index (χ2v) is 11.3. The Kier molecular flexibility index (Phi) is 6.18. The van der Waals surface area contributed by atoms with Crippen molar-refractivity contribution in [2.45, 2.75) is 56.2 Å². The van der Waals surface area contributed by atoms with E-state index in [0.717, 1.165) is 46.8 Å². The van der Waals surface area contributed by atoms with Crippen LogP contribution in [0.5, 0.6) is 0 Å². The number of likely N-dealkylation sites (N-methyl/N-ethyl adjacent to an activating group) is 1. The number of amides is 1. The Labute approximate surface area is 232 Å². The molecule has 2 saturated heterocycles. The van der Waals surface area contributed by atoms with E-state index in [0.29, 0.717) is 25.7 Å². The molecule has 3 aliphatic heterocycles. The molecule has 13 heteroatoms. The molecule has 2 aromatic carbocycles. The molecule has 7 nitrogen and oxygen atoms in total. The molecule has 3 aliphatic rings. The van der Waals surface area contributed by atoms with Gasteiger partial charge >= 0.3 is 12.1 Å². The minimum absolute atomic E-state index is 0.00989. The van der Waals surface area contributed by atoms with Gasteiger partial charge in [0.25, 0.3) is 5.91 Å². The van der Waals surface area contributed by atoms with Gasteiger partial charge in [-0.1, -0.05) is 12.1 Å². The van der Waals surface area contributed by atoms with E-state index in [-0.39, 0.29) is 28.9 Å². The van der Waals surface area contributed by atoms with Gasteiger partial charge in [0.2, 0.25) is 11.5 Å². The Hall–Kier alpha value is -3.61. The Morgan fingerprint density at radius 2 is 1.61 bits per heavy atom. The van der Waals surface area contributed by atoms with E-state index >= 15 is 13.2 Å². The SMILES string of the molecule is CN1CC2CCC(C1)N2c1cc2c(c(C(F)(F)F)c1)CN(c1cccc(C(C)(F)C(F)(F)c3nncn3C)c1)C2=O. The number of fused-ring (bicyclic) bond motifs is 3. The summed E-state index contributed by atoms with van der Waals surface area (Å²) >= 11 is 0. The molecule has 0 spiro atoms. The van der Waals surface area contributed by atoms with Crippen molar-refractivity contribution in [3.05, 3.63) is 70.8 Å². The summed E-state index contributed by atoms with van der Waals surface area (Å²) in [5, 5.41) is 6.77. The van der Waals surface area contributed by atoms with E-state index in [1.54, 1.807) is 0 Å². The highest BCUT2D eigenvalue weighted by molar-refractivity contribution is 6.11. The van der Waals surface area contributed by atoms with Crippen LogP contribution in [0.4, 0.5) is 37.7 Å². The van der Waals surface area contributed by atoms with Crippen LogP contribution in [-0.4, -0.2) is 57.8 Å². The van der Waals surface area contributed by atoms with Crippen LogP contribution in [0.1, 0.15) is 52.6 Å². The molecule has 0 radical (unpaired) electrons. The highest BCUT2D eigenvalue weighted by atomic mass is 19.4. The number of benzene rings is 2. The molecule has 3 aromatic rings. The fourth-order valence-electron chi connectivity index (χ4n) is 6.46. The Morgan fingerprint density at radius 1 is 0.927 bits per heavy atom. The van der Waals surface area contributed by atoms with Gasteiger partial charge in [0.1, 0.15) is 6.33 Å². The first kappa shape index (κ1) is 27.6. The lowest BCUT2D eigenvalue weighted by Gasteiger charge is -2.41. The lowest BCUT2D eigenvalue weighted by atomic mass is 9.90. The van der Waals surface area contributed by atoms with Crippen molar-refractivity contribution in [3.63, 3.8) is 0 Å². The third-order valence-electron chi connectivity index (χ3n) is 8.58. The van der Waals surface area contributed by atoms with Gasteiger partial charge in [0.15, 0.2) is 0 Å². The summed E-state index contributed by atoms with van der Waals surface area (Å²) in [5.74, 6) is -5.70. The number of carbonyl (C=O) groups is 1. The molecule has 0 aliphatic carbocycles. The van der Waals surface area contributed by atoms with Crippen LogP contribution in [-0.2, 0) is 31.4 Å². The third-order valence-corrected chi connectivity index (χ3v) is 8.58. The number of halogens is 6. The number of hydrogen-bond donors (Lipinski definition) is 0. The van der Waals surface area contributed by atoms with Crippen molar-refractivity contribution in [1.29, 1.82) is 0 Å². The molecule has 218 valence electrons. The zero-order chi connectivity index (χ0) is 29.5. The van der Waals surface area contributed by atoms with Gasteiger partial charge in [-0.05, 0) is 62.2 Å². The first-order valence-electron chi connectivity index (χ1n) is 13.2. The van der Waals surface area contributed by atoms with Gasteiger partial charge in [-0.3, -0.25) is 4.79 Å². The first-order chi connectivity index (χ1) is 19.2. The lowest BCUT2D eigenvalue weighted by Crippen LogP contribution is -2.52. The number of aryl methyl sites for hydroxylation is 1. The average Bonchev–Trinajstić information content (AvgIpc) is 3.57. The van der Waals surface area contributed by atoms with Crippen LogP contribution >= 0.6 is 0 Å². The molecule has 6 rings (SSSR count). The van der Waals surface area contributed by atoms with Crippen molar-refractivity contribution in [1.82, 2.24) is 19.7 Å². The number of piperazine rings is 1. The van der Waals surface area contributed by atoms with Crippen LogP contribution < -0.4 is 9.80 Å². The zero-order valence-electron chi connectivity index (χ0n) is 22.6. The average molecular weight is 579 g/mol. The number of rotatable bonds is 5. The van der Waals surface area contributed by atoms with E-state index in [4.69, 9.17) is 0 Å². The predicted octanol–water partition coefficient (Wildman–Crippen LogP) is 5.25. The number of nitrogens with zero attached hydrogens (tertiary/aromatic N) is 6. The molecular formula is C28H28F6N6O. The maximum atomic E-state index is 15.9. The molecule has 2 bridgehead atoms. The van der Waals surface area contributed by atoms with Crippen LogP contribution in [0, 0.1) is 0 Å². The number of hydrogen-bond acceptors (Lipinski definition) is 5. The molecule has 0 N–H and O–H groups in total. The van der Waals surface area contributed by atoms with Crippen LogP contribution in [0.3, 0.4) is 0 Å². The second-order valence-electron chi connectivity index (χ2n) is 11.3. The van der Waals surface area contributed by atoms with Crippen LogP contribution in [0.2, 0.25) is 0 Å². The van der Waals surface area contributed by atoms with E-state index in [2.05, 4.69) is 15.1 Å². The van der Waals surface area contributed by atoms with Crippen molar-refractivity contribution < 1.29 is 31.1 Å². The lowest BCUT2D eigenvalue weighted by molar-refractivity contribution is -0.149. The Bertz CT molecular complexity index is 1500. The molecule has 2 fully saturated rings. The molecule has 3 atom stereocenters. The van der Waals surface area contributed by atoms with Crippen LogP contribution in [0.15, 0.2) is 42.7 Å². The van der Waals surface area contributed by atoms with Gasteiger partial charge in [0, 0.05) is 49.2 Å². The summed E-state index contributed by atoms with van der Waals surface area (Å²) in [6.07, 6.45) is -2.00. The Morgan fingerprint density at radius 3 is 2.22 bits per heavy atom. The van der Waals surface area contributed by atoms with Crippen molar-refractivity contribution >= 4 is 17.3 Å². The van der Waals surface area contributed by atoms with Crippen molar-refractivity contribution in [2.75, 3.05) is 29.9 Å². The molecule has 41 heavy (non-hydrogen) atoms. The molecule has 3 unspecified atom stereocenters. The number of likely N-dealkylation sites (tertiary alicyclic amines) is 1. The number of carbonyl (C=O) groups excluding carboxylic acids is 1. The maximum absolute atomic E-state index is 15.9. The Balaban J connectivity index is 1.37. The summed E-state index contributed by atoms with van der Waals surface area (Å²) in [4.78, 5) is 18.8. The molecule has 4 heterocycles. The van der Waals surface area contributed by atoms with E-state index in [1.165, 1.54) is 25.2 Å². The topological polar surface area (TPSA) is 57.5 Å². The van der Waals surface area contributed by atoms with Gasteiger partial charge in [-0.25, -0.2) is 4.39 Å². The molecule has 1 aromatic heterocycles. The van der Waals surface area contributed by atoms with E-state index < -0.39 is 47.2 Å². The quantitative estimate of drug-likeness (QED) is 0.387. The predicted molar refractivity (Wildman–Crippen MR) is 139 cm³/mol. The first-order valence-corrected chi connectivity index (χ1v) is 13.2. The molecule has 1 amide bonds. The minimum Gasteiger partial charge on any atom is -0.363 e. The van der Waals surface area contributed by atoms with E-state index in [9.17, 15) is 18.0 Å². The number of alkyl halides is 6. The number of aromatic nitrogens is 3. The highest BCUT2D eigenvalue weighted by Gasteiger charge is 2.57. The summed E-state index contributed by atoms with van der Waals surface area (Å²) < 4.78 is 90.4. The van der Waals surface area contributed by atoms with Gasteiger partial charge in [-0.2, -0.15) is 22.0 Å². The smallest absolute Gasteiger partial charge is 0.363 e. The normalized spacial score (nSPS) is 22.8. The highest BCUT2D eigenvalue weighted by Crippen LogP contribution is 2.49. The van der Waals surface area contributed by atoms with Crippen LogP contribution in [0.25, 0.3) is 0 Å². The summed E-state index contributed by atoms with van der Waals surface area (Å²) in [7, 11) is 3.24. The fraction of sp³-hybridized carbons (Fsp3) is 0.464. The third kappa shape index (κ3) is 4.27. The molecule has 0 saturated carbocycles. The largest absolute Gasteiger partial charge is 0.416 e. The summed E-state index contributed by atoms with van der Waals surface area (Å²) in [6, 6.07) is 7.60.